The Morgan fingerprint density at radius 2 is 2.27 bits per heavy atom. The fourth-order valence-corrected chi connectivity index (χ4v) is 1.66. The third-order valence-electron chi connectivity index (χ3n) is 2.31. The van der Waals surface area contributed by atoms with E-state index in [9.17, 15) is 0 Å². The van der Waals surface area contributed by atoms with E-state index in [2.05, 4.69) is 10.2 Å². The van der Waals surface area contributed by atoms with E-state index < -0.39 is 0 Å². The number of nitrogens with one attached hydrogen (secondary N) is 1. The van der Waals surface area contributed by atoms with Crippen molar-refractivity contribution in [3.63, 3.8) is 0 Å². The van der Waals surface area contributed by atoms with Crippen LogP contribution in [0, 0.1) is 0 Å². The molecule has 0 aromatic heterocycles. The minimum absolute atomic E-state index is 0. The zero-order valence-corrected chi connectivity index (χ0v) is 6.18. The lowest BCUT2D eigenvalue weighted by Gasteiger charge is -2.39. The van der Waals surface area contributed by atoms with Gasteiger partial charge in [0.2, 0.25) is 0 Å². The van der Waals surface area contributed by atoms with Crippen molar-refractivity contribution in [3.05, 3.63) is 0 Å². The minimum atomic E-state index is 0. The summed E-state index contributed by atoms with van der Waals surface area (Å²) in [6.45, 7) is 6.44. The molecule has 0 unspecified atom stereocenters. The Morgan fingerprint density at radius 3 is 3.09 bits per heavy atom. The molecular weight excluding hydrogens is 140 g/mol. The van der Waals surface area contributed by atoms with Crippen molar-refractivity contribution in [1.82, 2.24) is 10.2 Å². The number of hydrogen-bond donors (Lipinski definition) is 1. The van der Waals surface area contributed by atoms with Crippen LogP contribution in [0.1, 0.15) is 7.43 Å². The van der Waals surface area contributed by atoms with Crippen molar-refractivity contribution in [2.75, 3.05) is 39.4 Å². The average molecular weight is 158 g/mol. The summed E-state index contributed by atoms with van der Waals surface area (Å²) in [5.74, 6) is 0. The van der Waals surface area contributed by atoms with Gasteiger partial charge in [0.05, 0.1) is 13.2 Å². The Morgan fingerprint density at radius 1 is 1.36 bits per heavy atom. The third kappa shape index (κ3) is 1.92. The fraction of sp³-hybridized carbons (Fsp3) is 1.00. The van der Waals surface area contributed by atoms with Gasteiger partial charge >= 0.3 is 0 Å². The maximum absolute atomic E-state index is 5.36. The molecule has 11 heavy (non-hydrogen) atoms. The summed E-state index contributed by atoms with van der Waals surface area (Å²) in [6, 6.07) is 0.655. The molecule has 3 nitrogen and oxygen atoms in total. The van der Waals surface area contributed by atoms with Gasteiger partial charge in [-0.3, -0.25) is 4.90 Å². The Balaban J connectivity index is 0.000000605. The van der Waals surface area contributed by atoms with E-state index in [1.165, 1.54) is 6.54 Å². The van der Waals surface area contributed by atoms with Gasteiger partial charge in [0.15, 0.2) is 0 Å². The third-order valence-corrected chi connectivity index (χ3v) is 2.31. The largest absolute Gasteiger partial charge is 0.378 e. The van der Waals surface area contributed by atoms with E-state index in [0.717, 1.165) is 32.8 Å². The first-order valence-corrected chi connectivity index (χ1v) is 3.99. The van der Waals surface area contributed by atoms with Crippen LogP contribution in [0.2, 0.25) is 0 Å². The summed E-state index contributed by atoms with van der Waals surface area (Å²) in [5.41, 5.74) is 0. The summed E-state index contributed by atoms with van der Waals surface area (Å²) in [7, 11) is 0. The maximum atomic E-state index is 5.36. The molecule has 1 atom stereocenters. The molecule has 0 aromatic carbocycles. The van der Waals surface area contributed by atoms with E-state index in [0.29, 0.717) is 6.04 Å². The lowest BCUT2D eigenvalue weighted by Crippen LogP contribution is -2.56. The number of hydrogen-bond acceptors (Lipinski definition) is 3. The number of ether oxygens (including phenoxy) is 1. The van der Waals surface area contributed by atoms with Gasteiger partial charge in [-0.1, -0.05) is 7.43 Å². The lowest BCUT2D eigenvalue weighted by atomic mass is 10.2. The first-order valence-electron chi connectivity index (χ1n) is 3.99. The van der Waals surface area contributed by atoms with E-state index in [1.54, 1.807) is 0 Å². The summed E-state index contributed by atoms with van der Waals surface area (Å²) < 4.78 is 5.36. The minimum Gasteiger partial charge on any atom is -0.378 e. The van der Waals surface area contributed by atoms with Crippen molar-refractivity contribution in [2.24, 2.45) is 0 Å². The molecule has 2 aliphatic heterocycles. The van der Waals surface area contributed by atoms with Crippen LogP contribution in [0.5, 0.6) is 0 Å². The predicted molar refractivity (Wildman–Crippen MR) is 45.8 cm³/mol. The molecule has 2 heterocycles. The molecule has 2 fully saturated rings. The standard InChI is InChI=1S/C7H14N2O.CH4/c1-2-9-3-4-10-6-7(9)5-8-1;/h7-8H,1-6H2;1H4/t7-;/m0./s1. The van der Waals surface area contributed by atoms with E-state index in [1.807, 2.05) is 0 Å². The Hall–Kier alpha value is -0.120. The first-order chi connectivity index (χ1) is 4.97. The first kappa shape index (κ1) is 8.97. The van der Waals surface area contributed by atoms with Gasteiger partial charge in [-0.05, 0) is 0 Å². The van der Waals surface area contributed by atoms with Crippen LogP contribution in [0.15, 0.2) is 0 Å². The van der Waals surface area contributed by atoms with Gasteiger partial charge in [0, 0.05) is 32.2 Å². The van der Waals surface area contributed by atoms with Crippen LogP contribution in [-0.4, -0.2) is 50.3 Å². The molecule has 0 bridgehead atoms. The lowest BCUT2D eigenvalue weighted by molar-refractivity contribution is -0.0168. The van der Waals surface area contributed by atoms with Crippen LogP contribution >= 0.6 is 0 Å². The molecule has 0 aromatic rings. The number of fused-ring (bicyclic) bond motifs is 1. The molecule has 2 rings (SSSR count). The highest BCUT2D eigenvalue weighted by Crippen LogP contribution is 2.07. The predicted octanol–water partition coefficient (Wildman–Crippen LogP) is -0.0735. The molecular formula is C8H18N2O. The monoisotopic (exact) mass is 158 g/mol. The highest BCUT2D eigenvalue weighted by Gasteiger charge is 2.24. The van der Waals surface area contributed by atoms with E-state index >= 15 is 0 Å². The van der Waals surface area contributed by atoms with Gasteiger partial charge in [0.25, 0.3) is 0 Å². The fourth-order valence-electron chi connectivity index (χ4n) is 1.66. The molecule has 2 aliphatic rings. The smallest absolute Gasteiger partial charge is 0.0634 e. The highest BCUT2D eigenvalue weighted by atomic mass is 16.5. The molecule has 0 radical (unpaired) electrons. The van der Waals surface area contributed by atoms with E-state index in [4.69, 9.17) is 4.74 Å². The molecule has 2 saturated heterocycles. The van der Waals surface area contributed by atoms with Crippen molar-refractivity contribution in [1.29, 1.82) is 0 Å². The Kier molecular flexibility index (Phi) is 3.30. The second-order valence-corrected chi connectivity index (χ2v) is 2.97. The molecule has 0 amide bonds. The Bertz CT molecular complexity index is 92.7. The number of nitrogens with zero attached hydrogens (tertiary/aromatic N) is 1. The van der Waals surface area contributed by atoms with Crippen LogP contribution in [0.3, 0.4) is 0 Å². The number of rotatable bonds is 0. The van der Waals surface area contributed by atoms with Gasteiger partial charge in [-0.25, -0.2) is 0 Å². The van der Waals surface area contributed by atoms with Crippen molar-refractivity contribution >= 4 is 0 Å². The average Bonchev–Trinajstić information content (AvgIpc) is 2.05. The maximum Gasteiger partial charge on any atom is 0.0634 e. The molecule has 0 saturated carbocycles. The second kappa shape index (κ2) is 4.04. The van der Waals surface area contributed by atoms with Gasteiger partial charge in [0.1, 0.15) is 0 Å². The van der Waals surface area contributed by atoms with Crippen molar-refractivity contribution in [2.45, 2.75) is 13.5 Å². The van der Waals surface area contributed by atoms with Crippen molar-refractivity contribution in [3.8, 4) is 0 Å². The summed E-state index contributed by atoms with van der Waals surface area (Å²) in [5, 5.41) is 3.36. The number of piperazine rings is 1. The topological polar surface area (TPSA) is 24.5 Å². The summed E-state index contributed by atoms with van der Waals surface area (Å²) in [6.07, 6.45) is 0. The molecule has 66 valence electrons. The van der Waals surface area contributed by atoms with Crippen LogP contribution < -0.4 is 5.32 Å². The van der Waals surface area contributed by atoms with Gasteiger partial charge in [-0.2, -0.15) is 0 Å². The number of morpholine rings is 1. The van der Waals surface area contributed by atoms with E-state index in [-0.39, 0.29) is 7.43 Å². The second-order valence-electron chi connectivity index (χ2n) is 2.97. The van der Waals surface area contributed by atoms with Crippen LogP contribution in [-0.2, 0) is 4.74 Å². The zero-order chi connectivity index (χ0) is 6.81. The quantitative estimate of drug-likeness (QED) is 0.534. The summed E-state index contributed by atoms with van der Waals surface area (Å²) in [4.78, 5) is 2.51. The Labute approximate surface area is 68.7 Å². The van der Waals surface area contributed by atoms with Gasteiger partial charge < -0.3 is 10.1 Å². The normalized spacial score (nSPS) is 32.2. The SMILES string of the molecule is C.C1CN2CCOC[C@@H]2CN1. The van der Waals surface area contributed by atoms with Crippen LogP contribution in [0.25, 0.3) is 0 Å². The molecule has 0 aliphatic carbocycles. The van der Waals surface area contributed by atoms with Crippen LogP contribution in [0.4, 0.5) is 0 Å². The molecule has 1 N–H and O–H groups in total. The van der Waals surface area contributed by atoms with Gasteiger partial charge in [-0.15, -0.1) is 0 Å². The molecule has 3 heteroatoms. The summed E-state index contributed by atoms with van der Waals surface area (Å²) >= 11 is 0. The highest BCUT2D eigenvalue weighted by molar-refractivity contribution is 4.81. The van der Waals surface area contributed by atoms with Crippen molar-refractivity contribution < 1.29 is 4.74 Å². The zero-order valence-electron chi connectivity index (χ0n) is 6.18. The molecule has 0 spiro atoms.